The van der Waals surface area contributed by atoms with Gasteiger partial charge in [0, 0.05) is 4.88 Å². The monoisotopic (exact) mass is 242 g/mol. The van der Waals surface area contributed by atoms with Crippen molar-refractivity contribution in [1.82, 2.24) is 9.55 Å². The molecule has 0 saturated heterocycles. The summed E-state index contributed by atoms with van der Waals surface area (Å²) in [5.41, 5.74) is 1.87. The third-order valence-electron chi connectivity index (χ3n) is 2.68. The fraction of sp³-hybridized carbons (Fsp3) is 0.0769. The first-order valence-corrected chi connectivity index (χ1v) is 6.19. The zero-order valence-electron chi connectivity index (χ0n) is 9.04. The smallest absolute Gasteiger partial charge is 0.185 e. The van der Waals surface area contributed by atoms with E-state index < -0.39 is 0 Å². The van der Waals surface area contributed by atoms with Crippen LogP contribution >= 0.6 is 11.3 Å². The van der Waals surface area contributed by atoms with E-state index >= 15 is 0 Å². The van der Waals surface area contributed by atoms with Crippen LogP contribution in [0, 0.1) is 0 Å². The second kappa shape index (κ2) is 4.14. The molecule has 2 aromatic heterocycles. The Morgan fingerprint density at radius 1 is 1.24 bits per heavy atom. The molecular weight excluding hydrogens is 232 g/mol. The number of para-hydroxylation sites is 2. The van der Waals surface area contributed by atoms with Crippen LogP contribution in [-0.2, 0) is 6.54 Å². The summed E-state index contributed by atoms with van der Waals surface area (Å²) < 4.78 is 1.95. The number of benzene rings is 1. The third kappa shape index (κ3) is 1.76. The van der Waals surface area contributed by atoms with E-state index in [0.717, 1.165) is 17.3 Å². The van der Waals surface area contributed by atoms with Gasteiger partial charge in [-0.05, 0) is 23.6 Å². The second-order valence-corrected chi connectivity index (χ2v) is 4.77. The summed E-state index contributed by atoms with van der Waals surface area (Å²) in [6.45, 7) is 0.701. The molecule has 4 heteroatoms. The first kappa shape index (κ1) is 10.2. The predicted molar refractivity (Wildman–Crippen MR) is 68.5 cm³/mol. The van der Waals surface area contributed by atoms with Crippen LogP contribution in [0.15, 0.2) is 41.8 Å². The molecule has 1 aromatic carbocycles. The second-order valence-electron chi connectivity index (χ2n) is 3.74. The van der Waals surface area contributed by atoms with Crippen molar-refractivity contribution < 1.29 is 4.79 Å². The van der Waals surface area contributed by atoms with Gasteiger partial charge in [0.1, 0.15) is 0 Å². The van der Waals surface area contributed by atoms with E-state index in [1.54, 1.807) is 11.3 Å². The summed E-state index contributed by atoms with van der Waals surface area (Å²) in [4.78, 5) is 16.6. The maximum Gasteiger partial charge on any atom is 0.185 e. The van der Waals surface area contributed by atoms with Crippen molar-refractivity contribution in [3.05, 3.63) is 52.5 Å². The Morgan fingerprint density at radius 3 is 2.88 bits per heavy atom. The molecule has 3 rings (SSSR count). The van der Waals surface area contributed by atoms with Gasteiger partial charge in [-0.2, -0.15) is 0 Å². The molecule has 3 aromatic rings. The van der Waals surface area contributed by atoms with Crippen molar-refractivity contribution in [3.8, 4) is 0 Å². The Labute approximate surface area is 102 Å². The standard InChI is InChI=1S/C13H10N2OS/c16-9-13-14-11-5-1-2-6-12(11)15(13)8-10-4-3-7-17-10/h1-7,9H,8H2. The Hall–Kier alpha value is -1.94. The van der Waals surface area contributed by atoms with Gasteiger partial charge in [-0.15, -0.1) is 11.3 Å². The highest BCUT2D eigenvalue weighted by Crippen LogP contribution is 2.18. The average Bonchev–Trinajstić information content (AvgIpc) is 2.98. The largest absolute Gasteiger partial charge is 0.316 e. The van der Waals surface area contributed by atoms with Crippen molar-refractivity contribution in [1.29, 1.82) is 0 Å². The van der Waals surface area contributed by atoms with E-state index in [4.69, 9.17) is 0 Å². The number of hydrogen-bond acceptors (Lipinski definition) is 3. The maximum atomic E-state index is 11.0. The van der Waals surface area contributed by atoms with Crippen LogP contribution in [0.5, 0.6) is 0 Å². The molecule has 0 radical (unpaired) electrons. The zero-order chi connectivity index (χ0) is 11.7. The van der Waals surface area contributed by atoms with Gasteiger partial charge in [0.05, 0.1) is 17.6 Å². The summed E-state index contributed by atoms with van der Waals surface area (Å²) >= 11 is 1.68. The number of rotatable bonds is 3. The van der Waals surface area contributed by atoms with Gasteiger partial charge in [0.2, 0.25) is 0 Å². The zero-order valence-corrected chi connectivity index (χ0v) is 9.85. The lowest BCUT2D eigenvalue weighted by molar-refractivity contribution is 0.111. The highest BCUT2D eigenvalue weighted by molar-refractivity contribution is 7.09. The Balaban J connectivity index is 2.16. The Morgan fingerprint density at radius 2 is 2.12 bits per heavy atom. The molecule has 0 unspecified atom stereocenters. The van der Waals surface area contributed by atoms with Crippen LogP contribution in [0.1, 0.15) is 15.5 Å². The van der Waals surface area contributed by atoms with Gasteiger partial charge in [-0.1, -0.05) is 18.2 Å². The van der Waals surface area contributed by atoms with Crippen molar-refractivity contribution in [2.75, 3.05) is 0 Å². The van der Waals surface area contributed by atoms with Crippen LogP contribution in [0.25, 0.3) is 11.0 Å². The van der Waals surface area contributed by atoms with E-state index in [9.17, 15) is 4.79 Å². The van der Waals surface area contributed by atoms with E-state index in [-0.39, 0.29) is 0 Å². The van der Waals surface area contributed by atoms with Crippen LogP contribution in [0.3, 0.4) is 0 Å². The SMILES string of the molecule is O=Cc1nc2ccccc2n1Cc1cccs1. The molecule has 0 N–H and O–H groups in total. The Kier molecular flexibility index (Phi) is 2.49. The van der Waals surface area contributed by atoms with Crippen molar-refractivity contribution in [2.45, 2.75) is 6.54 Å². The van der Waals surface area contributed by atoms with Gasteiger partial charge in [-0.25, -0.2) is 4.98 Å². The average molecular weight is 242 g/mol. The van der Waals surface area contributed by atoms with Crippen LogP contribution < -0.4 is 0 Å². The number of nitrogens with zero attached hydrogens (tertiary/aromatic N) is 2. The minimum atomic E-state index is 0.486. The normalized spacial score (nSPS) is 10.8. The number of aldehydes is 1. The highest BCUT2D eigenvalue weighted by atomic mass is 32.1. The number of aromatic nitrogens is 2. The van der Waals surface area contributed by atoms with E-state index in [1.165, 1.54) is 4.88 Å². The lowest BCUT2D eigenvalue weighted by atomic mass is 10.3. The van der Waals surface area contributed by atoms with Crippen molar-refractivity contribution in [2.24, 2.45) is 0 Å². The lowest BCUT2D eigenvalue weighted by Gasteiger charge is -2.03. The number of hydrogen-bond donors (Lipinski definition) is 0. The molecule has 0 spiro atoms. The molecule has 0 aliphatic heterocycles. The number of carbonyl (C=O) groups excluding carboxylic acids is 1. The summed E-state index contributed by atoms with van der Waals surface area (Å²) in [7, 11) is 0. The third-order valence-corrected chi connectivity index (χ3v) is 3.54. The fourth-order valence-electron chi connectivity index (χ4n) is 1.91. The topological polar surface area (TPSA) is 34.9 Å². The highest BCUT2D eigenvalue weighted by Gasteiger charge is 2.09. The van der Waals surface area contributed by atoms with Gasteiger partial charge < -0.3 is 4.57 Å². The predicted octanol–water partition coefficient (Wildman–Crippen LogP) is 2.96. The summed E-state index contributed by atoms with van der Waals surface area (Å²) in [6.07, 6.45) is 0.813. The molecule has 0 aliphatic carbocycles. The first-order valence-electron chi connectivity index (χ1n) is 5.31. The Bertz CT molecular complexity index is 655. The van der Waals surface area contributed by atoms with E-state index in [1.807, 2.05) is 40.3 Å². The first-order chi connectivity index (χ1) is 8.38. The van der Waals surface area contributed by atoms with Crippen molar-refractivity contribution in [3.63, 3.8) is 0 Å². The van der Waals surface area contributed by atoms with Gasteiger partial charge in [0.25, 0.3) is 0 Å². The number of thiophene rings is 1. The number of fused-ring (bicyclic) bond motifs is 1. The van der Waals surface area contributed by atoms with Crippen LogP contribution in [0.2, 0.25) is 0 Å². The molecular formula is C13H10N2OS. The van der Waals surface area contributed by atoms with E-state index in [0.29, 0.717) is 12.4 Å². The molecule has 0 aliphatic rings. The number of carbonyl (C=O) groups is 1. The molecule has 84 valence electrons. The molecule has 17 heavy (non-hydrogen) atoms. The van der Waals surface area contributed by atoms with E-state index in [2.05, 4.69) is 11.1 Å². The van der Waals surface area contributed by atoms with Crippen LogP contribution in [0.4, 0.5) is 0 Å². The summed E-state index contributed by atoms with van der Waals surface area (Å²) in [5.74, 6) is 0.486. The van der Waals surface area contributed by atoms with Crippen molar-refractivity contribution >= 4 is 28.7 Å². The molecule has 0 fully saturated rings. The molecule has 0 amide bonds. The lowest BCUT2D eigenvalue weighted by Crippen LogP contribution is -2.02. The number of imidazole rings is 1. The quantitative estimate of drug-likeness (QED) is 0.662. The summed E-state index contributed by atoms with van der Waals surface area (Å²) in [5, 5.41) is 2.04. The van der Waals surface area contributed by atoms with Crippen LogP contribution in [-0.4, -0.2) is 15.8 Å². The van der Waals surface area contributed by atoms with Gasteiger partial charge in [0.15, 0.2) is 12.1 Å². The summed E-state index contributed by atoms with van der Waals surface area (Å²) in [6, 6.07) is 11.9. The van der Waals surface area contributed by atoms with Gasteiger partial charge >= 0.3 is 0 Å². The fourth-order valence-corrected chi connectivity index (χ4v) is 2.60. The molecule has 0 saturated carbocycles. The molecule has 0 bridgehead atoms. The maximum absolute atomic E-state index is 11.0. The minimum absolute atomic E-state index is 0.486. The molecule has 2 heterocycles. The minimum Gasteiger partial charge on any atom is -0.316 e. The van der Waals surface area contributed by atoms with Gasteiger partial charge in [-0.3, -0.25) is 4.79 Å². The molecule has 3 nitrogen and oxygen atoms in total. The molecule has 0 atom stereocenters.